The summed E-state index contributed by atoms with van der Waals surface area (Å²) in [5.41, 5.74) is 0. The third kappa shape index (κ3) is 45.9. The molecular formula is C55H99N3O8. The highest BCUT2D eigenvalue weighted by Crippen LogP contribution is 2.08. The molecule has 0 aromatic heterocycles. The van der Waals surface area contributed by atoms with E-state index in [0.29, 0.717) is 26.2 Å². The number of rotatable bonds is 48. The first-order valence-corrected chi connectivity index (χ1v) is 26.6. The van der Waals surface area contributed by atoms with Crippen molar-refractivity contribution < 1.29 is 38.1 Å². The smallest absolute Gasteiger partial charge is 0.307 e. The molecule has 0 fully saturated rings. The van der Waals surface area contributed by atoms with Gasteiger partial charge in [0.1, 0.15) is 26.4 Å². The average Bonchev–Trinajstić information content (AvgIpc) is 3.31. The van der Waals surface area contributed by atoms with Gasteiger partial charge in [0, 0.05) is 26.2 Å². The lowest BCUT2D eigenvalue weighted by atomic mass is 10.1. The van der Waals surface area contributed by atoms with E-state index in [1.807, 2.05) is 24.3 Å². The topological polar surface area (TPSA) is 115 Å². The molecular weight excluding hydrogens is 831 g/mol. The van der Waals surface area contributed by atoms with Gasteiger partial charge >= 0.3 is 23.9 Å². The van der Waals surface area contributed by atoms with Gasteiger partial charge in [-0.1, -0.05) is 153 Å². The summed E-state index contributed by atoms with van der Waals surface area (Å²) in [5, 5.41) is 0. The Morgan fingerprint density at radius 1 is 0.318 bits per heavy atom. The fourth-order valence-corrected chi connectivity index (χ4v) is 7.26. The molecule has 11 heteroatoms. The van der Waals surface area contributed by atoms with Crippen molar-refractivity contribution in [1.82, 2.24) is 14.7 Å². The van der Waals surface area contributed by atoms with Crippen LogP contribution in [0, 0.1) is 0 Å². The van der Waals surface area contributed by atoms with Crippen molar-refractivity contribution in [3.63, 3.8) is 0 Å². The highest BCUT2D eigenvalue weighted by atomic mass is 16.5. The largest absolute Gasteiger partial charge is 0.461 e. The van der Waals surface area contributed by atoms with Gasteiger partial charge in [-0.15, -0.1) is 0 Å². The first-order valence-electron chi connectivity index (χ1n) is 26.6. The number of carbonyl (C=O) groups excluding carboxylic acids is 4. The number of esters is 4. The number of allylic oxidation sites excluding steroid dienone is 4. The second kappa shape index (κ2) is 49.6. The summed E-state index contributed by atoms with van der Waals surface area (Å²) in [7, 11) is 2.10. The second-order valence-electron chi connectivity index (χ2n) is 17.7. The molecule has 0 saturated carbocycles. The molecule has 0 aliphatic rings. The van der Waals surface area contributed by atoms with Crippen molar-refractivity contribution in [1.29, 1.82) is 0 Å². The summed E-state index contributed by atoms with van der Waals surface area (Å²) < 4.78 is 21.9. The molecule has 0 unspecified atom stereocenters. The monoisotopic (exact) mass is 930 g/mol. The van der Waals surface area contributed by atoms with Gasteiger partial charge in [-0.05, 0) is 97.4 Å². The number of hydrogen-bond donors (Lipinski definition) is 0. The fraction of sp³-hybridized carbons (Fsp3) is 0.782. The fourth-order valence-electron chi connectivity index (χ4n) is 7.26. The van der Waals surface area contributed by atoms with E-state index in [1.54, 1.807) is 0 Å². The summed E-state index contributed by atoms with van der Waals surface area (Å²) >= 11 is 0. The number of ether oxygens (including phenoxy) is 4. The lowest BCUT2D eigenvalue weighted by molar-refractivity contribution is -0.144. The van der Waals surface area contributed by atoms with Gasteiger partial charge in [-0.2, -0.15) is 0 Å². The van der Waals surface area contributed by atoms with E-state index >= 15 is 0 Å². The van der Waals surface area contributed by atoms with Crippen LogP contribution >= 0.6 is 0 Å². The minimum absolute atomic E-state index is 0.236. The summed E-state index contributed by atoms with van der Waals surface area (Å²) in [6.07, 6.45) is 42.3. The van der Waals surface area contributed by atoms with Gasteiger partial charge in [-0.25, -0.2) is 0 Å². The summed E-state index contributed by atoms with van der Waals surface area (Å²) in [6, 6.07) is 0. The van der Waals surface area contributed by atoms with Crippen LogP contribution in [-0.4, -0.2) is 124 Å². The standard InChI is InChI=1S/C55H99N3O8/c1-6-10-14-18-22-26-30-48-63-52(59)36-44-57(45-37-53(60)64-49-31-27-23-19-15-11-7-2)42-34-40-56(5)41-35-43-58(46-38-54(61)65-50-32-28-24-20-16-12-8-3)47-39-55(62)66-51-33-29-25-21-17-13-9-4/h26-33H,6-25,34-51H2,1-5H3/b30-26-,31-27-,32-28-,33-29-. The van der Waals surface area contributed by atoms with E-state index in [2.05, 4.69) is 73.7 Å². The molecule has 0 radical (unpaired) electrons. The zero-order valence-corrected chi connectivity index (χ0v) is 43.1. The van der Waals surface area contributed by atoms with E-state index in [-0.39, 0.29) is 76.0 Å². The Morgan fingerprint density at radius 2 is 0.576 bits per heavy atom. The van der Waals surface area contributed by atoms with Gasteiger partial charge in [0.2, 0.25) is 0 Å². The van der Waals surface area contributed by atoms with Crippen LogP contribution in [0.2, 0.25) is 0 Å². The van der Waals surface area contributed by atoms with Gasteiger partial charge in [0.25, 0.3) is 0 Å². The molecule has 0 heterocycles. The third-order valence-corrected chi connectivity index (χ3v) is 11.5. The quantitative estimate of drug-likeness (QED) is 0.0251. The van der Waals surface area contributed by atoms with Crippen molar-refractivity contribution in [2.75, 3.05) is 85.8 Å². The highest BCUT2D eigenvalue weighted by molar-refractivity contribution is 5.71. The van der Waals surface area contributed by atoms with E-state index in [9.17, 15) is 19.2 Å². The summed E-state index contributed by atoms with van der Waals surface area (Å²) in [4.78, 5) is 57.1. The molecule has 0 aromatic carbocycles. The molecule has 0 aliphatic carbocycles. The van der Waals surface area contributed by atoms with Crippen LogP contribution in [0.25, 0.3) is 0 Å². The zero-order chi connectivity index (χ0) is 48.4. The van der Waals surface area contributed by atoms with Crippen LogP contribution in [0.15, 0.2) is 48.6 Å². The first-order chi connectivity index (χ1) is 32.2. The summed E-state index contributed by atoms with van der Waals surface area (Å²) in [6.45, 7) is 15.2. The lowest BCUT2D eigenvalue weighted by Crippen LogP contribution is -2.34. The molecule has 0 aromatic rings. The third-order valence-electron chi connectivity index (χ3n) is 11.5. The Balaban J connectivity index is 5.11. The molecule has 0 aliphatic heterocycles. The van der Waals surface area contributed by atoms with E-state index < -0.39 is 0 Å². The minimum Gasteiger partial charge on any atom is -0.461 e. The minimum atomic E-state index is -0.236. The zero-order valence-electron chi connectivity index (χ0n) is 43.1. The van der Waals surface area contributed by atoms with Crippen LogP contribution in [0.3, 0.4) is 0 Å². The maximum atomic E-state index is 12.6. The van der Waals surface area contributed by atoms with Crippen LogP contribution in [0.4, 0.5) is 0 Å². The van der Waals surface area contributed by atoms with Gasteiger partial charge in [0.05, 0.1) is 25.7 Å². The Morgan fingerprint density at radius 3 is 0.818 bits per heavy atom. The van der Waals surface area contributed by atoms with Crippen molar-refractivity contribution in [3.8, 4) is 0 Å². The van der Waals surface area contributed by atoms with Crippen LogP contribution < -0.4 is 0 Å². The average molecular weight is 930 g/mol. The van der Waals surface area contributed by atoms with Crippen molar-refractivity contribution >= 4 is 23.9 Å². The van der Waals surface area contributed by atoms with E-state index in [0.717, 1.165) is 90.4 Å². The molecule has 0 rings (SSSR count). The van der Waals surface area contributed by atoms with Crippen molar-refractivity contribution in [2.24, 2.45) is 0 Å². The molecule has 0 bridgehead atoms. The number of carbonyl (C=O) groups is 4. The maximum absolute atomic E-state index is 12.6. The van der Waals surface area contributed by atoms with Crippen LogP contribution in [0.5, 0.6) is 0 Å². The molecule has 382 valence electrons. The van der Waals surface area contributed by atoms with Crippen molar-refractivity contribution in [3.05, 3.63) is 48.6 Å². The normalized spacial score (nSPS) is 12.0. The Bertz CT molecular complexity index is 1090. The van der Waals surface area contributed by atoms with Gasteiger partial charge in [0.15, 0.2) is 0 Å². The van der Waals surface area contributed by atoms with Gasteiger partial charge < -0.3 is 33.6 Å². The number of nitrogens with zero attached hydrogens (tertiary/aromatic N) is 3. The Hall–Kier alpha value is -3.28. The molecule has 0 atom stereocenters. The molecule has 11 nitrogen and oxygen atoms in total. The molecule has 66 heavy (non-hydrogen) atoms. The Kier molecular flexibility index (Phi) is 47.2. The molecule has 0 saturated heterocycles. The number of hydrogen-bond acceptors (Lipinski definition) is 11. The Labute approximate surface area is 404 Å². The maximum Gasteiger partial charge on any atom is 0.307 e. The second-order valence-corrected chi connectivity index (χ2v) is 17.7. The van der Waals surface area contributed by atoms with Crippen molar-refractivity contribution in [2.45, 2.75) is 195 Å². The first kappa shape index (κ1) is 62.7. The summed E-state index contributed by atoms with van der Waals surface area (Å²) in [5.74, 6) is -0.943. The highest BCUT2D eigenvalue weighted by Gasteiger charge is 2.15. The lowest BCUT2D eigenvalue weighted by Gasteiger charge is -2.25. The number of unbranched alkanes of at least 4 members (excludes halogenated alkanes) is 16. The van der Waals surface area contributed by atoms with Crippen LogP contribution in [0.1, 0.15) is 195 Å². The molecule has 0 amide bonds. The molecule has 0 spiro atoms. The van der Waals surface area contributed by atoms with Crippen LogP contribution in [-0.2, 0) is 38.1 Å². The molecule has 0 N–H and O–H groups in total. The predicted molar refractivity (Wildman–Crippen MR) is 274 cm³/mol. The van der Waals surface area contributed by atoms with E-state index in [1.165, 1.54) is 77.0 Å². The van der Waals surface area contributed by atoms with Gasteiger partial charge in [-0.3, -0.25) is 19.2 Å². The SMILES string of the molecule is CCCCCC/C=C\COC(=O)CCN(CCCN(C)CCCN(CCC(=O)OC/C=C\CCCCCC)CCC(=O)OC/C=C\CCCCCC)CCC(=O)OC/C=C\CCCCCC. The van der Waals surface area contributed by atoms with E-state index in [4.69, 9.17) is 18.9 Å². The predicted octanol–water partition coefficient (Wildman–Crippen LogP) is 12.1.